The average Bonchev–Trinajstić information content (AvgIpc) is 2.56. The molecular formula is C13H26IN3O. The van der Waals surface area contributed by atoms with E-state index in [0.717, 1.165) is 38.4 Å². The fourth-order valence-corrected chi connectivity index (χ4v) is 2.62. The van der Waals surface area contributed by atoms with Gasteiger partial charge in [0.05, 0.1) is 12.1 Å². The van der Waals surface area contributed by atoms with Crippen LogP contribution in [0.1, 0.15) is 44.9 Å². The number of aliphatic imine (C=N–C) groups is 1. The van der Waals surface area contributed by atoms with Crippen LogP contribution in [0, 0.1) is 0 Å². The molecule has 0 aromatic heterocycles. The second-order valence-electron chi connectivity index (χ2n) is 5.32. The summed E-state index contributed by atoms with van der Waals surface area (Å²) in [6.45, 7) is 2.86. The lowest BCUT2D eigenvalue weighted by atomic mass is 9.80. The quantitative estimate of drug-likeness (QED) is 0.473. The SMILES string of the molecule is COC1(CN=C(N)N2CCCCCC2)CCC1.I. The van der Waals surface area contributed by atoms with E-state index in [1.54, 1.807) is 7.11 Å². The van der Waals surface area contributed by atoms with E-state index < -0.39 is 0 Å². The number of hydrogen-bond acceptors (Lipinski definition) is 2. The fraction of sp³-hybridized carbons (Fsp3) is 0.923. The molecule has 1 aliphatic carbocycles. The minimum absolute atomic E-state index is 0. The molecule has 1 saturated heterocycles. The van der Waals surface area contributed by atoms with Gasteiger partial charge in [-0.05, 0) is 32.1 Å². The number of nitrogens with two attached hydrogens (primary N) is 1. The highest BCUT2D eigenvalue weighted by atomic mass is 127. The predicted molar refractivity (Wildman–Crippen MR) is 85.5 cm³/mol. The normalized spacial score (nSPS) is 23.8. The molecule has 1 saturated carbocycles. The maximum Gasteiger partial charge on any atom is 0.191 e. The Labute approximate surface area is 127 Å². The van der Waals surface area contributed by atoms with Gasteiger partial charge in [0.25, 0.3) is 0 Å². The summed E-state index contributed by atoms with van der Waals surface area (Å²) in [5, 5.41) is 0. The summed E-state index contributed by atoms with van der Waals surface area (Å²) in [4.78, 5) is 6.78. The molecule has 0 amide bonds. The maximum absolute atomic E-state index is 6.08. The molecule has 2 N–H and O–H groups in total. The van der Waals surface area contributed by atoms with Crippen LogP contribution in [0.2, 0.25) is 0 Å². The second-order valence-corrected chi connectivity index (χ2v) is 5.32. The monoisotopic (exact) mass is 367 g/mol. The highest BCUT2D eigenvalue weighted by Crippen LogP contribution is 2.35. The molecule has 18 heavy (non-hydrogen) atoms. The smallest absolute Gasteiger partial charge is 0.191 e. The van der Waals surface area contributed by atoms with Gasteiger partial charge < -0.3 is 15.4 Å². The summed E-state index contributed by atoms with van der Waals surface area (Å²) in [5.41, 5.74) is 6.08. The zero-order chi connectivity index (χ0) is 12.1. The number of guanidine groups is 1. The van der Waals surface area contributed by atoms with Crippen molar-refractivity contribution in [2.24, 2.45) is 10.7 Å². The van der Waals surface area contributed by atoms with Crippen molar-refractivity contribution in [3.05, 3.63) is 0 Å². The van der Waals surface area contributed by atoms with Crippen LogP contribution in [0.4, 0.5) is 0 Å². The first kappa shape index (κ1) is 16.0. The summed E-state index contributed by atoms with van der Waals surface area (Å²) in [5.74, 6) is 0.718. The summed E-state index contributed by atoms with van der Waals surface area (Å²) < 4.78 is 5.56. The zero-order valence-electron chi connectivity index (χ0n) is 11.4. The Kier molecular flexibility index (Phi) is 6.70. The lowest BCUT2D eigenvalue weighted by Gasteiger charge is -2.39. The van der Waals surface area contributed by atoms with Gasteiger partial charge in [0.1, 0.15) is 0 Å². The molecule has 0 unspecified atom stereocenters. The Morgan fingerprint density at radius 3 is 2.22 bits per heavy atom. The number of likely N-dealkylation sites (tertiary alicyclic amines) is 1. The van der Waals surface area contributed by atoms with Crippen LogP contribution in [0.15, 0.2) is 4.99 Å². The number of halogens is 1. The Balaban J connectivity index is 0.00000162. The first-order valence-corrected chi connectivity index (χ1v) is 6.86. The molecule has 1 heterocycles. The highest BCUT2D eigenvalue weighted by molar-refractivity contribution is 14.0. The average molecular weight is 367 g/mol. The molecule has 1 aliphatic heterocycles. The van der Waals surface area contributed by atoms with Crippen LogP contribution < -0.4 is 5.73 Å². The summed E-state index contributed by atoms with van der Waals surface area (Å²) in [7, 11) is 1.79. The van der Waals surface area contributed by atoms with Crippen LogP contribution in [0.5, 0.6) is 0 Å². The zero-order valence-corrected chi connectivity index (χ0v) is 13.7. The third-order valence-corrected chi connectivity index (χ3v) is 4.16. The Bertz CT molecular complexity index is 266. The third-order valence-electron chi connectivity index (χ3n) is 4.16. The van der Waals surface area contributed by atoms with E-state index in [-0.39, 0.29) is 29.6 Å². The van der Waals surface area contributed by atoms with E-state index in [2.05, 4.69) is 9.89 Å². The standard InChI is InChI=1S/C13H25N3O.HI/c1-17-13(7-6-8-13)11-15-12(14)16-9-4-2-3-5-10-16;/h2-11H2,1H3,(H2,14,15);1H. The fourth-order valence-electron chi connectivity index (χ4n) is 2.62. The van der Waals surface area contributed by atoms with E-state index in [1.165, 1.54) is 32.1 Å². The first-order valence-electron chi connectivity index (χ1n) is 6.86. The van der Waals surface area contributed by atoms with Crippen LogP contribution >= 0.6 is 24.0 Å². The van der Waals surface area contributed by atoms with E-state index in [1.807, 2.05) is 0 Å². The summed E-state index contributed by atoms with van der Waals surface area (Å²) >= 11 is 0. The molecule has 5 heteroatoms. The molecule has 0 bridgehead atoms. The minimum Gasteiger partial charge on any atom is -0.376 e. The lowest BCUT2D eigenvalue weighted by molar-refractivity contribution is -0.0631. The van der Waals surface area contributed by atoms with Crippen molar-refractivity contribution in [2.75, 3.05) is 26.7 Å². The van der Waals surface area contributed by atoms with Crippen LogP contribution in [0.25, 0.3) is 0 Å². The van der Waals surface area contributed by atoms with Crippen molar-refractivity contribution in [1.82, 2.24) is 4.90 Å². The molecule has 2 aliphatic rings. The Morgan fingerprint density at radius 2 is 1.78 bits per heavy atom. The van der Waals surface area contributed by atoms with Gasteiger partial charge in [-0.2, -0.15) is 0 Å². The van der Waals surface area contributed by atoms with Crippen LogP contribution in [-0.2, 0) is 4.74 Å². The molecule has 0 aromatic rings. The number of nitrogens with zero attached hydrogens (tertiary/aromatic N) is 2. The molecule has 2 fully saturated rings. The molecule has 106 valence electrons. The van der Waals surface area contributed by atoms with E-state index in [9.17, 15) is 0 Å². The highest BCUT2D eigenvalue weighted by Gasteiger charge is 2.36. The summed E-state index contributed by atoms with van der Waals surface area (Å²) in [6, 6.07) is 0. The number of ether oxygens (including phenoxy) is 1. The lowest BCUT2D eigenvalue weighted by Crippen LogP contribution is -2.44. The molecule has 0 radical (unpaired) electrons. The van der Waals surface area contributed by atoms with Gasteiger partial charge in [-0.25, -0.2) is 0 Å². The van der Waals surface area contributed by atoms with Gasteiger partial charge >= 0.3 is 0 Å². The molecule has 0 atom stereocenters. The van der Waals surface area contributed by atoms with E-state index in [0.29, 0.717) is 0 Å². The second kappa shape index (κ2) is 7.53. The predicted octanol–water partition coefficient (Wildman–Crippen LogP) is 2.36. The van der Waals surface area contributed by atoms with Gasteiger partial charge in [0, 0.05) is 20.2 Å². The number of methoxy groups -OCH3 is 1. The van der Waals surface area contributed by atoms with Gasteiger partial charge in [-0.1, -0.05) is 12.8 Å². The van der Waals surface area contributed by atoms with Crippen molar-refractivity contribution in [3.63, 3.8) is 0 Å². The minimum atomic E-state index is -0.00350. The Hall–Kier alpha value is -0.0400. The maximum atomic E-state index is 6.08. The first-order chi connectivity index (χ1) is 8.26. The van der Waals surface area contributed by atoms with Gasteiger partial charge in [0.15, 0.2) is 5.96 Å². The summed E-state index contributed by atoms with van der Waals surface area (Å²) in [6.07, 6.45) is 8.64. The molecule has 2 rings (SSSR count). The van der Waals surface area contributed by atoms with Gasteiger partial charge in [-0.3, -0.25) is 4.99 Å². The van der Waals surface area contributed by atoms with Crippen molar-refractivity contribution in [3.8, 4) is 0 Å². The van der Waals surface area contributed by atoms with E-state index >= 15 is 0 Å². The van der Waals surface area contributed by atoms with Crippen molar-refractivity contribution < 1.29 is 4.74 Å². The topological polar surface area (TPSA) is 50.9 Å². The van der Waals surface area contributed by atoms with Crippen LogP contribution in [0.3, 0.4) is 0 Å². The van der Waals surface area contributed by atoms with Gasteiger partial charge in [-0.15, -0.1) is 24.0 Å². The van der Waals surface area contributed by atoms with E-state index in [4.69, 9.17) is 10.5 Å². The van der Waals surface area contributed by atoms with Crippen molar-refractivity contribution in [2.45, 2.75) is 50.5 Å². The molecule has 4 nitrogen and oxygen atoms in total. The Morgan fingerprint density at radius 1 is 1.17 bits per heavy atom. The number of hydrogen-bond donors (Lipinski definition) is 1. The third kappa shape index (κ3) is 3.98. The van der Waals surface area contributed by atoms with Crippen molar-refractivity contribution in [1.29, 1.82) is 0 Å². The van der Waals surface area contributed by atoms with Gasteiger partial charge in [0.2, 0.25) is 0 Å². The molecule has 0 spiro atoms. The number of rotatable bonds is 3. The molecular weight excluding hydrogens is 341 g/mol. The van der Waals surface area contributed by atoms with Crippen LogP contribution in [-0.4, -0.2) is 43.2 Å². The van der Waals surface area contributed by atoms with Crippen molar-refractivity contribution >= 4 is 29.9 Å². The molecule has 0 aromatic carbocycles. The largest absolute Gasteiger partial charge is 0.376 e.